The molecule has 0 radical (unpaired) electrons. The van der Waals surface area contributed by atoms with Crippen LogP contribution < -0.4 is 26.2 Å². The van der Waals surface area contributed by atoms with Gasteiger partial charge in [-0.15, -0.1) is 0 Å². The van der Waals surface area contributed by atoms with Crippen LogP contribution in [0.5, 0.6) is 11.6 Å². The lowest BCUT2D eigenvalue weighted by molar-refractivity contribution is -0.137. The van der Waals surface area contributed by atoms with E-state index in [-0.39, 0.29) is 22.4 Å². The van der Waals surface area contributed by atoms with Gasteiger partial charge in [-0.25, -0.2) is 23.3 Å². The van der Waals surface area contributed by atoms with Gasteiger partial charge in [0.1, 0.15) is 5.75 Å². The molecule has 0 spiro atoms. The van der Waals surface area contributed by atoms with Gasteiger partial charge < -0.3 is 21.1 Å². The smallest absolute Gasteiger partial charge is 0.416 e. The summed E-state index contributed by atoms with van der Waals surface area (Å²) in [6.07, 6.45) is -4.53. The van der Waals surface area contributed by atoms with Crippen LogP contribution in [0.2, 0.25) is 0 Å². The van der Waals surface area contributed by atoms with Crippen LogP contribution in [0.4, 0.5) is 35.3 Å². The zero-order valence-electron chi connectivity index (χ0n) is 19.2. The number of alkyl halides is 3. The van der Waals surface area contributed by atoms with Crippen LogP contribution in [0.3, 0.4) is 0 Å². The number of amides is 2. The minimum Gasteiger partial charge on any atom is -0.439 e. The van der Waals surface area contributed by atoms with Crippen molar-refractivity contribution in [1.29, 1.82) is 0 Å². The van der Waals surface area contributed by atoms with E-state index in [0.29, 0.717) is 22.7 Å². The van der Waals surface area contributed by atoms with Crippen molar-refractivity contribution in [2.24, 2.45) is 5.14 Å². The van der Waals surface area contributed by atoms with Crippen molar-refractivity contribution in [3.8, 4) is 22.9 Å². The van der Waals surface area contributed by atoms with Gasteiger partial charge in [-0.1, -0.05) is 18.2 Å². The summed E-state index contributed by atoms with van der Waals surface area (Å²) in [5, 5.41) is 9.97. The van der Waals surface area contributed by atoms with Crippen molar-refractivity contribution >= 4 is 33.4 Å². The fourth-order valence-electron chi connectivity index (χ4n) is 3.25. The lowest BCUT2D eigenvalue weighted by Crippen LogP contribution is -2.19. The van der Waals surface area contributed by atoms with Gasteiger partial charge in [0.2, 0.25) is 21.9 Å². The molecule has 0 bridgehead atoms. The molecule has 0 aliphatic rings. The lowest BCUT2D eigenvalue weighted by Gasteiger charge is -2.11. The normalized spacial score (nSPS) is 11.6. The van der Waals surface area contributed by atoms with Crippen LogP contribution in [-0.2, 0) is 16.2 Å². The number of ether oxygens (including phenoxy) is 1. The first kappa shape index (κ1) is 26.4. The van der Waals surface area contributed by atoms with Crippen molar-refractivity contribution < 1.29 is 31.1 Å². The molecule has 0 saturated carbocycles. The number of benzene rings is 3. The molecule has 0 aliphatic heterocycles. The van der Waals surface area contributed by atoms with Crippen LogP contribution >= 0.6 is 0 Å². The Morgan fingerprint density at radius 1 is 0.868 bits per heavy atom. The van der Waals surface area contributed by atoms with E-state index in [4.69, 9.17) is 15.6 Å². The van der Waals surface area contributed by atoms with Gasteiger partial charge in [-0.2, -0.15) is 18.2 Å². The van der Waals surface area contributed by atoms with E-state index in [1.165, 1.54) is 66.7 Å². The number of nitrogens with two attached hydrogens (primary N) is 2. The zero-order valence-corrected chi connectivity index (χ0v) is 20.0. The number of carbonyl (C=O) groups is 1. The number of halogens is 3. The summed E-state index contributed by atoms with van der Waals surface area (Å²) >= 11 is 0. The number of anilines is 3. The molecule has 0 unspecified atom stereocenters. The number of hydrogen-bond donors (Lipinski definition) is 4. The van der Waals surface area contributed by atoms with Gasteiger partial charge in [0, 0.05) is 23.0 Å². The highest BCUT2D eigenvalue weighted by Gasteiger charge is 2.30. The van der Waals surface area contributed by atoms with E-state index in [9.17, 15) is 26.4 Å². The van der Waals surface area contributed by atoms with Gasteiger partial charge in [0.15, 0.2) is 0 Å². The number of nitrogens with zero attached hydrogens (tertiary/aromatic N) is 2. The number of hydrogen-bond acceptors (Lipinski definition) is 7. The second-order valence-corrected chi connectivity index (χ2v) is 9.36. The molecular weight excluding hydrogens is 525 g/mol. The molecule has 10 nitrogen and oxygen atoms in total. The molecular formula is C24H19F3N6O4S. The largest absolute Gasteiger partial charge is 0.439 e. The van der Waals surface area contributed by atoms with Crippen molar-refractivity contribution in [3.05, 3.63) is 84.4 Å². The minimum atomic E-state index is -4.53. The van der Waals surface area contributed by atoms with E-state index < -0.39 is 27.8 Å². The molecule has 6 N–H and O–H groups in total. The fourth-order valence-corrected chi connectivity index (χ4v) is 3.77. The molecule has 38 heavy (non-hydrogen) atoms. The molecule has 0 fully saturated rings. The summed E-state index contributed by atoms with van der Waals surface area (Å²) in [4.78, 5) is 20.3. The van der Waals surface area contributed by atoms with Crippen LogP contribution in [0, 0.1) is 0 Å². The monoisotopic (exact) mass is 544 g/mol. The van der Waals surface area contributed by atoms with E-state index in [0.717, 1.165) is 12.1 Å². The first-order valence-corrected chi connectivity index (χ1v) is 12.2. The Morgan fingerprint density at radius 2 is 1.53 bits per heavy atom. The average Bonchev–Trinajstić information content (AvgIpc) is 2.84. The van der Waals surface area contributed by atoms with Crippen molar-refractivity contribution in [3.63, 3.8) is 0 Å². The third-order valence-corrected chi connectivity index (χ3v) is 5.91. The van der Waals surface area contributed by atoms with Gasteiger partial charge >= 0.3 is 12.2 Å². The highest BCUT2D eigenvalue weighted by molar-refractivity contribution is 7.89. The average molecular weight is 545 g/mol. The first-order chi connectivity index (χ1) is 17.9. The quantitative estimate of drug-likeness (QED) is 0.270. The van der Waals surface area contributed by atoms with Crippen LogP contribution in [0.25, 0.3) is 11.3 Å². The number of nitrogens with one attached hydrogen (secondary N) is 2. The predicted molar refractivity (Wildman–Crippen MR) is 134 cm³/mol. The molecule has 196 valence electrons. The molecule has 3 aromatic carbocycles. The Bertz CT molecular complexity index is 1580. The van der Waals surface area contributed by atoms with Gasteiger partial charge in [0.25, 0.3) is 0 Å². The number of carbonyl (C=O) groups excluding carboxylic acids is 1. The first-order valence-electron chi connectivity index (χ1n) is 10.7. The summed E-state index contributed by atoms with van der Waals surface area (Å²) in [5.74, 6) is 0.353. The molecule has 2 amide bonds. The predicted octanol–water partition coefficient (Wildman–Crippen LogP) is 4.83. The second kappa shape index (κ2) is 10.4. The Morgan fingerprint density at radius 3 is 2.16 bits per heavy atom. The van der Waals surface area contributed by atoms with Crippen LogP contribution in [0.15, 0.2) is 83.8 Å². The van der Waals surface area contributed by atoms with E-state index in [1.54, 1.807) is 0 Å². The molecule has 0 atom stereocenters. The fraction of sp³-hybridized carbons (Fsp3) is 0.0417. The highest BCUT2D eigenvalue weighted by atomic mass is 32.2. The maximum atomic E-state index is 12.9. The number of nitrogen functional groups attached to an aromatic ring is 1. The van der Waals surface area contributed by atoms with Crippen LogP contribution in [-0.4, -0.2) is 24.4 Å². The zero-order chi connectivity index (χ0) is 27.5. The van der Waals surface area contributed by atoms with E-state index >= 15 is 0 Å². The molecule has 1 heterocycles. The lowest BCUT2D eigenvalue weighted by atomic mass is 10.1. The summed E-state index contributed by atoms with van der Waals surface area (Å²) in [7, 11) is -3.85. The standard InChI is InChI=1S/C24H19F3N6O4S/c25-24(26,27)15-2-1-3-17(12-15)31-23(34)30-16-6-8-18(9-7-16)37-21-13-20(32-22(28)33-21)14-4-10-19(11-5-14)38(29,35)36/h1-13H,(H2,28,32,33)(H2,29,35,36)(H2,30,31,34). The molecule has 1 aromatic heterocycles. The third-order valence-electron chi connectivity index (χ3n) is 4.98. The maximum Gasteiger partial charge on any atom is 0.416 e. The van der Waals surface area contributed by atoms with Crippen molar-refractivity contribution in [2.75, 3.05) is 16.4 Å². The Kier molecular flexibility index (Phi) is 7.19. The van der Waals surface area contributed by atoms with Gasteiger partial charge in [0.05, 0.1) is 16.2 Å². The molecule has 4 rings (SSSR count). The number of primary sulfonamides is 1. The third kappa shape index (κ3) is 6.74. The minimum absolute atomic E-state index is 0.0197. The molecule has 0 aliphatic carbocycles. The summed E-state index contributed by atoms with van der Waals surface area (Å²) in [6.45, 7) is 0. The number of rotatable bonds is 6. The molecule has 14 heteroatoms. The number of urea groups is 1. The maximum absolute atomic E-state index is 12.9. The van der Waals surface area contributed by atoms with Crippen molar-refractivity contribution in [1.82, 2.24) is 9.97 Å². The summed E-state index contributed by atoms with van der Waals surface area (Å²) < 4.78 is 67.2. The Hall–Kier alpha value is -4.69. The topological polar surface area (TPSA) is 162 Å². The summed E-state index contributed by atoms with van der Waals surface area (Å²) in [6, 6.07) is 16.8. The molecule has 4 aromatic rings. The SMILES string of the molecule is Nc1nc(Oc2ccc(NC(=O)Nc3cccc(C(F)(F)F)c3)cc2)cc(-c2ccc(S(N)(=O)=O)cc2)n1. The van der Waals surface area contributed by atoms with E-state index in [1.807, 2.05) is 0 Å². The van der Waals surface area contributed by atoms with Crippen LogP contribution in [0.1, 0.15) is 5.56 Å². The van der Waals surface area contributed by atoms with Gasteiger partial charge in [-0.05, 0) is 54.6 Å². The van der Waals surface area contributed by atoms with Gasteiger partial charge in [-0.3, -0.25) is 0 Å². The number of aromatic nitrogens is 2. The summed E-state index contributed by atoms with van der Waals surface area (Å²) in [5.41, 5.74) is 6.15. The molecule has 0 saturated heterocycles. The Labute approximate surface area is 214 Å². The second-order valence-electron chi connectivity index (χ2n) is 7.80. The number of sulfonamides is 1. The highest BCUT2D eigenvalue weighted by Crippen LogP contribution is 2.31. The van der Waals surface area contributed by atoms with Crippen molar-refractivity contribution in [2.45, 2.75) is 11.1 Å². The van der Waals surface area contributed by atoms with E-state index in [2.05, 4.69) is 20.6 Å². The Balaban J connectivity index is 1.42.